The quantitative estimate of drug-likeness (QED) is 0.627. The lowest BCUT2D eigenvalue weighted by atomic mass is 10.2. The molecular formula is C22H27N3O3. The maximum absolute atomic E-state index is 12.3. The summed E-state index contributed by atoms with van der Waals surface area (Å²) in [5.74, 6) is 1.88. The van der Waals surface area contributed by atoms with Gasteiger partial charge in [-0.1, -0.05) is 19.9 Å². The van der Waals surface area contributed by atoms with E-state index < -0.39 is 0 Å². The third-order valence-electron chi connectivity index (χ3n) is 4.49. The highest BCUT2D eigenvalue weighted by molar-refractivity contribution is 5.92. The largest absolute Gasteiger partial charge is 0.493 e. The number of rotatable bonds is 7. The van der Waals surface area contributed by atoms with Crippen LogP contribution in [0.25, 0.3) is 10.9 Å². The highest BCUT2D eigenvalue weighted by atomic mass is 16.5. The molecule has 148 valence electrons. The number of urea groups is 1. The minimum Gasteiger partial charge on any atom is -0.493 e. The van der Waals surface area contributed by atoms with Crippen molar-refractivity contribution in [3.63, 3.8) is 0 Å². The first-order chi connectivity index (χ1) is 13.5. The number of hydrogen-bond acceptors (Lipinski definition) is 3. The number of fused-ring (bicyclic) bond motifs is 1. The van der Waals surface area contributed by atoms with E-state index in [-0.39, 0.29) is 6.03 Å². The van der Waals surface area contributed by atoms with Gasteiger partial charge >= 0.3 is 6.03 Å². The van der Waals surface area contributed by atoms with Gasteiger partial charge in [0.25, 0.3) is 0 Å². The van der Waals surface area contributed by atoms with Gasteiger partial charge in [0.2, 0.25) is 0 Å². The van der Waals surface area contributed by atoms with Gasteiger partial charge in [-0.25, -0.2) is 4.79 Å². The van der Waals surface area contributed by atoms with Gasteiger partial charge < -0.3 is 24.7 Å². The van der Waals surface area contributed by atoms with Crippen molar-refractivity contribution in [1.82, 2.24) is 9.88 Å². The fraction of sp³-hybridized carbons (Fsp3) is 0.318. The van der Waals surface area contributed by atoms with Crippen LogP contribution >= 0.6 is 0 Å². The van der Waals surface area contributed by atoms with Crippen LogP contribution in [-0.4, -0.2) is 24.8 Å². The standard InChI is InChI=1S/C22H27N3O3/c1-15(2)14-25-10-9-17-12-18(6-7-19(17)25)24-22(26)23-13-16-5-8-20(27-3)21(11-16)28-4/h5-12,15H,13-14H2,1-4H3,(H2,23,24,26). The first-order valence-electron chi connectivity index (χ1n) is 9.35. The van der Waals surface area contributed by atoms with E-state index in [1.165, 1.54) is 5.52 Å². The zero-order chi connectivity index (χ0) is 20.1. The second-order valence-corrected chi connectivity index (χ2v) is 7.13. The van der Waals surface area contributed by atoms with Gasteiger partial charge in [0.05, 0.1) is 14.2 Å². The minimum absolute atomic E-state index is 0.254. The summed E-state index contributed by atoms with van der Waals surface area (Å²) in [5, 5.41) is 6.86. The summed E-state index contributed by atoms with van der Waals surface area (Å²) in [6.45, 7) is 5.76. The van der Waals surface area contributed by atoms with E-state index >= 15 is 0 Å². The van der Waals surface area contributed by atoms with Gasteiger partial charge in [-0.05, 0) is 47.9 Å². The van der Waals surface area contributed by atoms with Crippen molar-refractivity contribution in [2.75, 3.05) is 19.5 Å². The van der Waals surface area contributed by atoms with E-state index in [4.69, 9.17) is 9.47 Å². The zero-order valence-corrected chi connectivity index (χ0v) is 16.8. The zero-order valence-electron chi connectivity index (χ0n) is 16.8. The number of ether oxygens (including phenoxy) is 2. The maximum atomic E-state index is 12.3. The second kappa shape index (κ2) is 8.69. The molecule has 1 aromatic heterocycles. The average molecular weight is 381 g/mol. The maximum Gasteiger partial charge on any atom is 0.319 e. The van der Waals surface area contributed by atoms with E-state index in [0.29, 0.717) is 24.0 Å². The molecule has 0 saturated carbocycles. The summed E-state index contributed by atoms with van der Waals surface area (Å²) in [4.78, 5) is 12.3. The number of aromatic nitrogens is 1. The Morgan fingerprint density at radius 3 is 2.54 bits per heavy atom. The number of anilines is 1. The summed E-state index contributed by atoms with van der Waals surface area (Å²) in [7, 11) is 3.18. The van der Waals surface area contributed by atoms with Crippen molar-refractivity contribution < 1.29 is 14.3 Å². The van der Waals surface area contributed by atoms with E-state index in [1.54, 1.807) is 14.2 Å². The molecule has 0 radical (unpaired) electrons. The van der Waals surface area contributed by atoms with Crippen LogP contribution in [0.2, 0.25) is 0 Å². The number of methoxy groups -OCH3 is 2. The number of hydrogen-bond donors (Lipinski definition) is 2. The fourth-order valence-corrected chi connectivity index (χ4v) is 3.18. The van der Waals surface area contributed by atoms with Crippen molar-refractivity contribution in [2.45, 2.75) is 26.9 Å². The molecule has 28 heavy (non-hydrogen) atoms. The van der Waals surface area contributed by atoms with Crippen LogP contribution in [0.4, 0.5) is 10.5 Å². The van der Waals surface area contributed by atoms with Crippen molar-refractivity contribution in [3.05, 3.63) is 54.2 Å². The third-order valence-corrected chi connectivity index (χ3v) is 4.49. The predicted octanol–water partition coefficient (Wildman–Crippen LogP) is 4.64. The number of nitrogens with one attached hydrogen (secondary N) is 2. The highest BCUT2D eigenvalue weighted by Gasteiger charge is 2.08. The van der Waals surface area contributed by atoms with Crippen LogP contribution in [0.15, 0.2) is 48.7 Å². The summed E-state index contributed by atoms with van der Waals surface area (Å²) >= 11 is 0. The molecule has 2 aromatic carbocycles. The molecule has 0 unspecified atom stereocenters. The number of benzene rings is 2. The molecule has 0 atom stereocenters. The second-order valence-electron chi connectivity index (χ2n) is 7.13. The molecule has 3 aromatic rings. The Kier molecular flexibility index (Phi) is 6.09. The Hall–Kier alpha value is -3.15. The molecule has 6 heteroatoms. The van der Waals surface area contributed by atoms with Crippen LogP contribution < -0.4 is 20.1 Å². The normalized spacial score (nSPS) is 10.9. The fourth-order valence-electron chi connectivity index (χ4n) is 3.18. The highest BCUT2D eigenvalue weighted by Crippen LogP contribution is 2.27. The van der Waals surface area contributed by atoms with Gasteiger partial charge in [0, 0.05) is 35.9 Å². The van der Waals surface area contributed by atoms with Crippen LogP contribution in [-0.2, 0) is 13.1 Å². The Balaban J connectivity index is 1.62. The van der Waals surface area contributed by atoms with E-state index in [0.717, 1.165) is 23.2 Å². The lowest BCUT2D eigenvalue weighted by Gasteiger charge is -2.11. The van der Waals surface area contributed by atoms with Gasteiger partial charge in [0.1, 0.15) is 0 Å². The predicted molar refractivity (Wildman–Crippen MR) is 112 cm³/mol. The van der Waals surface area contributed by atoms with Crippen molar-refractivity contribution in [3.8, 4) is 11.5 Å². The summed E-state index contributed by atoms with van der Waals surface area (Å²) < 4.78 is 12.8. The van der Waals surface area contributed by atoms with Crippen molar-refractivity contribution >= 4 is 22.6 Å². The number of carbonyl (C=O) groups is 1. The molecule has 0 spiro atoms. The Labute approximate surface area is 165 Å². The molecule has 2 N–H and O–H groups in total. The number of amides is 2. The molecule has 0 bridgehead atoms. The Bertz CT molecular complexity index is 963. The Morgan fingerprint density at radius 1 is 1.04 bits per heavy atom. The lowest BCUT2D eigenvalue weighted by Crippen LogP contribution is -2.28. The van der Waals surface area contributed by atoms with Crippen LogP contribution in [0.5, 0.6) is 11.5 Å². The molecule has 2 amide bonds. The van der Waals surface area contributed by atoms with E-state index in [1.807, 2.05) is 36.4 Å². The van der Waals surface area contributed by atoms with Gasteiger partial charge in [-0.3, -0.25) is 0 Å². The van der Waals surface area contributed by atoms with Crippen LogP contribution in [0.3, 0.4) is 0 Å². The molecule has 0 aliphatic rings. The lowest BCUT2D eigenvalue weighted by molar-refractivity contribution is 0.251. The molecule has 1 heterocycles. The van der Waals surface area contributed by atoms with Crippen molar-refractivity contribution in [2.24, 2.45) is 5.92 Å². The number of carbonyl (C=O) groups excluding carboxylic acids is 1. The van der Waals surface area contributed by atoms with Gasteiger partial charge in [-0.15, -0.1) is 0 Å². The molecule has 3 rings (SSSR count). The van der Waals surface area contributed by atoms with E-state index in [2.05, 4.69) is 41.3 Å². The molecule has 0 aliphatic carbocycles. The first-order valence-corrected chi connectivity index (χ1v) is 9.35. The topological polar surface area (TPSA) is 64.5 Å². The molecular weight excluding hydrogens is 354 g/mol. The summed E-state index contributed by atoms with van der Waals surface area (Å²) in [6.07, 6.45) is 2.09. The molecule has 0 fully saturated rings. The molecule has 0 saturated heterocycles. The number of nitrogens with zero attached hydrogens (tertiary/aromatic N) is 1. The van der Waals surface area contributed by atoms with Gasteiger partial charge in [-0.2, -0.15) is 0 Å². The molecule has 6 nitrogen and oxygen atoms in total. The average Bonchev–Trinajstić information content (AvgIpc) is 3.07. The molecule has 0 aliphatic heterocycles. The van der Waals surface area contributed by atoms with Crippen molar-refractivity contribution in [1.29, 1.82) is 0 Å². The van der Waals surface area contributed by atoms with E-state index in [9.17, 15) is 4.79 Å². The SMILES string of the molecule is COc1ccc(CNC(=O)Nc2ccc3c(ccn3CC(C)C)c2)cc1OC. The van der Waals surface area contributed by atoms with Crippen LogP contribution in [0.1, 0.15) is 19.4 Å². The summed E-state index contributed by atoms with van der Waals surface area (Å²) in [6, 6.07) is 13.3. The monoisotopic (exact) mass is 381 g/mol. The minimum atomic E-state index is -0.254. The van der Waals surface area contributed by atoms with Crippen LogP contribution in [0, 0.1) is 5.92 Å². The smallest absolute Gasteiger partial charge is 0.319 e. The third kappa shape index (κ3) is 4.57. The summed E-state index contributed by atoms with van der Waals surface area (Å²) in [5.41, 5.74) is 2.86. The Morgan fingerprint density at radius 2 is 1.82 bits per heavy atom. The van der Waals surface area contributed by atoms with Gasteiger partial charge in [0.15, 0.2) is 11.5 Å². The first kappa shape index (κ1) is 19.6.